The lowest BCUT2D eigenvalue weighted by atomic mass is 9.91. The first kappa shape index (κ1) is 16.6. The number of phenolic OH excluding ortho intramolecular Hbond substituents is 1. The van der Waals surface area contributed by atoms with Crippen LogP contribution in [-0.4, -0.2) is 16.8 Å². The van der Waals surface area contributed by atoms with E-state index < -0.39 is 0 Å². The lowest BCUT2D eigenvalue weighted by Crippen LogP contribution is -1.99. The molecular formula is C20H26O2. The summed E-state index contributed by atoms with van der Waals surface area (Å²) in [7, 11) is 0. The van der Waals surface area contributed by atoms with Crippen molar-refractivity contribution in [1.82, 2.24) is 0 Å². The van der Waals surface area contributed by atoms with Gasteiger partial charge in [0.2, 0.25) is 0 Å². The van der Waals surface area contributed by atoms with Crippen LogP contribution in [0.15, 0.2) is 48.5 Å². The van der Waals surface area contributed by atoms with Crippen LogP contribution in [0.1, 0.15) is 48.8 Å². The summed E-state index contributed by atoms with van der Waals surface area (Å²) in [5, 5.41) is 18.3. The highest BCUT2D eigenvalue weighted by molar-refractivity contribution is 5.29. The summed E-state index contributed by atoms with van der Waals surface area (Å²) >= 11 is 0. The van der Waals surface area contributed by atoms with Gasteiger partial charge in [-0.25, -0.2) is 0 Å². The van der Waals surface area contributed by atoms with Crippen molar-refractivity contribution >= 4 is 0 Å². The lowest BCUT2D eigenvalue weighted by molar-refractivity contribution is 0.279. The third kappa shape index (κ3) is 4.88. The molecule has 1 unspecified atom stereocenters. The number of aryl methyl sites for hydroxylation is 2. The molecule has 0 radical (unpaired) electrons. The molecule has 2 rings (SSSR count). The third-order valence-electron chi connectivity index (χ3n) is 4.29. The normalized spacial score (nSPS) is 12.3. The van der Waals surface area contributed by atoms with E-state index >= 15 is 0 Å². The minimum atomic E-state index is 0.279. The van der Waals surface area contributed by atoms with Crippen molar-refractivity contribution in [3.05, 3.63) is 65.2 Å². The van der Waals surface area contributed by atoms with Crippen LogP contribution < -0.4 is 0 Å². The average molecular weight is 298 g/mol. The van der Waals surface area contributed by atoms with Gasteiger partial charge in [-0.05, 0) is 66.8 Å². The largest absolute Gasteiger partial charge is 0.508 e. The fraction of sp³-hybridized carbons (Fsp3) is 0.400. The van der Waals surface area contributed by atoms with Gasteiger partial charge in [0.05, 0.1) is 0 Å². The molecule has 1 atom stereocenters. The van der Waals surface area contributed by atoms with Crippen molar-refractivity contribution in [3.63, 3.8) is 0 Å². The summed E-state index contributed by atoms with van der Waals surface area (Å²) < 4.78 is 0. The predicted octanol–water partition coefficient (Wildman–Crippen LogP) is 4.44. The summed E-state index contributed by atoms with van der Waals surface area (Å²) in [5.41, 5.74) is 3.97. The molecule has 0 heterocycles. The minimum absolute atomic E-state index is 0.279. The standard InChI is InChI=1S/C20H26O2/c1-2-18(4-3-15-21)19-11-7-16(8-12-19)5-6-17-9-13-20(22)14-10-17/h7-14,18,21-22H,2-6,15H2,1H3. The van der Waals surface area contributed by atoms with Gasteiger partial charge in [0.25, 0.3) is 0 Å². The molecule has 2 aromatic rings. The molecule has 0 amide bonds. The number of benzene rings is 2. The first-order chi connectivity index (χ1) is 10.7. The van der Waals surface area contributed by atoms with E-state index in [9.17, 15) is 5.11 Å². The van der Waals surface area contributed by atoms with E-state index in [1.807, 2.05) is 12.1 Å². The van der Waals surface area contributed by atoms with Crippen LogP contribution in [0.25, 0.3) is 0 Å². The molecule has 2 N–H and O–H groups in total. The molecule has 0 aromatic heterocycles. The molecule has 22 heavy (non-hydrogen) atoms. The number of aromatic hydroxyl groups is 1. The van der Waals surface area contributed by atoms with E-state index in [4.69, 9.17) is 5.11 Å². The molecule has 0 bridgehead atoms. The zero-order valence-electron chi connectivity index (χ0n) is 13.3. The SMILES string of the molecule is CCC(CCCO)c1ccc(CCc2ccc(O)cc2)cc1. The van der Waals surface area contributed by atoms with Crippen LogP contribution in [0.4, 0.5) is 0 Å². The second-order valence-corrected chi connectivity index (χ2v) is 5.88. The highest BCUT2D eigenvalue weighted by Gasteiger charge is 2.08. The Kier molecular flexibility index (Phi) is 6.47. The summed E-state index contributed by atoms with van der Waals surface area (Å²) in [4.78, 5) is 0. The molecule has 0 saturated heterocycles. The maximum atomic E-state index is 9.29. The Bertz CT molecular complexity index is 543. The quantitative estimate of drug-likeness (QED) is 0.756. The van der Waals surface area contributed by atoms with Crippen LogP contribution >= 0.6 is 0 Å². The molecule has 0 aliphatic carbocycles. The third-order valence-corrected chi connectivity index (χ3v) is 4.29. The fourth-order valence-corrected chi connectivity index (χ4v) is 2.85. The molecule has 2 aromatic carbocycles. The summed E-state index contributed by atoms with van der Waals surface area (Å²) in [6, 6.07) is 16.3. The van der Waals surface area contributed by atoms with E-state index in [0.717, 1.165) is 32.1 Å². The Hall–Kier alpha value is -1.80. The predicted molar refractivity (Wildman–Crippen MR) is 91.3 cm³/mol. The minimum Gasteiger partial charge on any atom is -0.508 e. The zero-order valence-corrected chi connectivity index (χ0v) is 13.3. The Balaban J connectivity index is 1.92. The molecule has 0 fully saturated rings. The zero-order chi connectivity index (χ0) is 15.8. The first-order valence-corrected chi connectivity index (χ1v) is 8.20. The van der Waals surface area contributed by atoms with Gasteiger partial charge in [0.1, 0.15) is 5.75 Å². The number of aliphatic hydroxyl groups excluding tert-OH is 1. The Morgan fingerprint density at radius 2 is 1.41 bits per heavy atom. The van der Waals surface area contributed by atoms with E-state index in [0.29, 0.717) is 11.7 Å². The van der Waals surface area contributed by atoms with Gasteiger partial charge in [0.15, 0.2) is 0 Å². The van der Waals surface area contributed by atoms with Crippen LogP contribution in [0.2, 0.25) is 0 Å². The molecular weight excluding hydrogens is 272 g/mol. The highest BCUT2D eigenvalue weighted by atomic mass is 16.3. The van der Waals surface area contributed by atoms with Gasteiger partial charge in [-0.15, -0.1) is 0 Å². The summed E-state index contributed by atoms with van der Waals surface area (Å²) in [6.07, 6.45) is 5.05. The van der Waals surface area contributed by atoms with Gasteiger partial charge < -0.3 is 10.2 Å². The van der Waals surface area contributed by atoms with Crippen molar-refractivity contribution in [2.75, 3.05) is 6.61 Å². The van der Waals surface area contributed by atoms with E-state index in [2.05, 4.69) is 31.2 Å². The molecule has 2 nitrogen and oxygen atoms in total. The molecule has 2 heteroatoms. The topological polar surface area (TPSA) is 40.5 Å². The van der Waals surface area contributed by atoms with E-state index in [1.54, 1.807) is 12.1 Å². The van der Waals surface area contributed by atoms with Crippen LogP contribution in [-0.2, 0) is 12.8 Å². The Morgan fingerprint density at radius 1 is 0.864 bits per heavy atom. The number of aliphatic hydroxyl groups is 1. The maximum absolute atomic E-state index is 9.29. The van der Waals surface area contributed by atoms with Crippen molar-refractivity contribution < 1.29 is 10.2 Å². The fourth-order valence-electron chi connectivity index (χ4n) is 2.85. The number of phenols is 1. The van der Waals surface area contributed by atoms with Gasteiger partial charge in [-0.1, -0.05) is 43.3 Å². The van der Waals surface area contributed by atoms with Crippen LogP contribution in [0, 0.1) is 0 Å². The first-order valence-electron chi connectivity index (χ1n) is 8.20. The van der Waals surface area contributed by atoms with E-state index in [1.165, 1.54) is 16.7 Å². The van der Waals surface area contributed by atoms with Gasteiger partial charge in [0, 0.05) is 6.61 Å². The number of rotatable bonds is 8. The maximum Gasteiger partial charge on any atom is 0.115 e. The Morgan fingerprint density at radius 3 is 1.91 bits per heavy atom. The molecule has 118 valence electrons. The average Bonchev–Trinajstić information content (AvgIpc) is 2.56. The van der Waals surface area contributed by atoms with Gasteiger partial charge in [-0.3, -0.25) is 0 Å². The smallest absolute Gasteiger partial charge is 0.115 e. The van der Waals surface area contributed by atoms with Crippen molar-refractivity contribution in [1.29, 1.82) is 0 Å². The second-order valence-electron chi connectivity index (χ2n) is 5.88. The van der Waals surface area contributed by atoms with Crippen molar-refractivity contribution in [3.8, 4) is 5.75 Å². The van der Waals surface area contributed by atoms with Gasteiger partial charge in [-0.2, -0.15) is 0 Å². The number of hydrogen-bond acceptors (Lipinski definition) is 2. The monoisotopic (exact) mass is 298 g/mol. The highest BCUT2D eigenvalue weighted by Crippen LogP contribution is 2.25. The van der Waals surface area contributed by atoms with Gasteiger partial charge >= 0.3 is 0 Å². The second kappa shape index (κ2) is 8.60. The molecule has 0 saturated carbocycles. The van der Waals surface area contributed by atoms with E-state index in [-0.39, 0.29) is 6.61 Å². The number of hydrogen-bond donors (Lipinski definition) is 2. The van der Waals surface area contributed by atoms with Crippen molar-refractivity contribution in [2.24, 2.45) is 0 Å². The molecule has 0 aliphatic heterocycles. The molecule has 0 aliphatic rings. The van der Waals surface area contributed by atoms with Crippen LogP contribution in [0.5, 0.6) is 5.75 Å². The lowest BCUT2D eigenvalue weighted by Gasteiger charge is -2.15. The Labute approximate surface area is 133 Å². The molecule has 0 spiro atoms. The van der Waals surface area contributed by atoms with Crippen LogP contribution in [0.3, 0.4) is 0 Å². The van der Waals surface area contributed by atoms with Crippen molar-refractivity contribution in [2.45, 2.75) is 44.9 Å². The summed E-state index contributed by atoms with van der Waals surface area (Å²) in [6.45, 7) is 2.49. The summed E-state index contributed by atoms with van der Waals surface area (Å²) in [5.74, 6) is 0.875.